The Morgan fingerprint density at radius 3 is 2.67 bits per heavy atom. The lowest BCUT2D eigenvalue weighted by Gasteiger charge is -2.46. The summed E-state index contributed by atoms with van der Waals surface area (Å²) in [7, 11) is 2.26. The van der Waals surface area contributed by atoms with Crippen molar-refractivity contribution in [3.05, 3.63) is 0 Å². The van der Waals surface area contributed by atoms with Gasteiger partial charge in [-0.3, -0.25) is 4.90 Å². The SMILES string of the molecule is CCCC1CCCC(CN)(N2CCCN(C)CC2C)CC1. The van der Waals surface area contributed by atoms with Gasteiger partial charge in [-0.15, -0.1) is 0 Å². The molecule has 0 aromatic rings. The monoisotopic (exact) mass is 295 g/mol. The van der Waals surface area contributed by atoms with Crippen molar-refractivity contribution in [2.45, 2.75) is 76.8 Å². The van der Waals surface area contributed by atoms with Gasteiger partial charge in [-0.05, 0) is 52.1 Å². The van der Waals surface area contributed by atoms with Crippen LogP contribution in [0.1, 0.15) is 65.2 Å². The van der Waals surface area contributed by atoms with Crippen LogP contribution in [0.5, 0.6) is 0 Å². The molecule has 3 atom stereocenters. The van der Waals surface area contributed by atoms with Crippen molar-refractivity contribution >= 4 is 0 Å². The molecule has 1 heterocycles. The van der Waals surface area contributed by atoms with Gasteiger partial charge in [0, 0.05) is 31.2 Å². The quantitative estimate of drug-likeness (QED) is 0.809. The summed E-state index contributed by atoms with van der Waals surface area (Å²) in [5.41, 5.74) is 6.64. The molecule has 21 heavy (non-hydrogen) atoms. The lowest BCUT2D eigenvalue weighted by molar-refractivity contribution is 0.0427. The van der Waals surface area contributed by atoms with E-state index in [1.807, 2.05) is 0 Å². The van der Waals surface area contributed by atoms with Crippen LogP contribution in [0.2, 0.25) is 0 Å². The molecule has 1 aliphatic heterocycles. The van der Waals surface area contributed by atoms with Gasteiger partial charge in [-0.2, -0.15) is 0 Å². The van der Waals surface area contributed by atoms with E-state index in [-0.39, 0.29) is 5.54 Å². The number of nitrogens with two attached hydrogens (primary N) is 1. The van der Waals surface area contributed by atoms with Crippen LogP contribution >= 0.6 is 0 Å². The Kier molecular flexibility index (Phi) is 6.51. The van der Waals surface area contributed by atoms with E-state index in [0.717, 1.165) is 12.5 Å². The van der Waals surface area contributed by atoms with Crippen molar-refractivity contribution in [3.8, 4) is 0 Å². The molecular formula is C18H37N3. The zero-order chi connectivity index (χ0) is 15.3. The zero-order valence-electron chi connectivity index (χ0n) is 14.6. The van der Waals surface area contributed by atoms with Gasteiger partial charge in [-0.25, -0.2) is 0 Å². The molecule has 124 valence electrons. The molecule has 0 amide bonds. The first-order valence-corrected chi connectivity index (χ1v) is 9.26. The highest BCUT2D eigenvalue weighted by Crippen LogP contribution is 2.37. The summed E-state index contributed by atoms with van der Waals surface area (Å²) < 4.78 is 0. The Morgan fingerprint density at radius 2 is 1.95 bits per heavy atom. The number of hydrogen-bond acceptors (Lipinski definition) is 3. The lowest BCUT2D eigenvalue weighted by Crippen LogP contribution is -2.58. The molecule has 1 aliphatic carbocycles. The normalized spacial score (nSPS) is 37.1. The van der Waals surface area contributed by atoms with Crippen LogP contribution in [0.4, 0.5) is 0 Å². The predicted octanol–water partition coefficient (Wildman–Crippen LogP) is 3.09. The van der Waals surface area contributed by atoms with Gasteiger partial charge in [-0.1, -0.05) is 32.6 Å². The van der Waals surface area contributed by atoms with Crippen LogP contribution in [0.3, 0.4) is 0 Å². The first-order chi connectivity index (χ1) is 10.1. The molecule has 3 heteroatoms. The van der Waals surface area contributed by atoms with Gasteiger partial charge in [0.05, 0.1) is 0 Å². The average molecular weight is 296 g/mol. The summed E-state index contributed by atoms with van der Waals surface area (Å²) in [5.74, 6) is 0.952. The van der Waals surface area contributed by atoms with Gasteiger partial charge >= 0.3 is 0 Å². The fourth-order valence-corrected chi connectivity index (χ4v) is 4.84. The minimum atomic E-state index is 0.285. The van der Waals surface area contributed by atoms with E-state index < -0.39 is 0 Å². The van der Waals surface area contributed by atoms with Crippen LogP contribution < -0.4 is 5.73 Å². The summed E-state index contributed by atoms with van der Waals surface area (Å²) in [6.07, 6.45) is 10.9. The second-order valence-electron chi connectivity index (χ2n) is 7.67. The van der Waals surface area contributed by atoms with Crippen LogP contribution in [0.15, 0.2) is 0 Å². The highest BCUT2D eigenvalue weighted by atomic mass is 15.3. The number of likely N-dealkylation sites (N-methyl/N-ethyl adjacent to an activating group) is 1. The predicted molar refractivity (Wildman–Crippen MR) is 91.6 cm³/mol. The van der Waals surface area contributed by atoms with Crippen LogP contribution in [0, 0.1) is 5.92 Å². The first-order valence-electron chi connectivity index (χ1n) is 9.26. The molecule has 0 bridgehead atoms. The van der Waals surface area contributed by atoms with E-state index in [9.17, 15) is 0 Å². The maximum atomic E-state index is 6.35. The lowest BCUT2D eigenvalue weighted by atomic mass is 9.86. The molecule has 3 unspecified atom stereocenters. The average Bonchev–Trinajstić information content (AvgIpc) is 2.76. The van der Waals surface area contributed by atoms with Crippen molar-refractivity contribution in [3.63, 3.8) is 0 Å². The van der Waals surface area contributed by atoms with Crippen LogP contribution in [-0.4, -0.2) is 54.6 Å². The molecule has 3 nitrogen and oxygen atoms in total. The van der Waals surface area contributed by atoms with E-state index in [1.165, 1.54) is 71.0 Å². The van der Waals surface area contributed by atoms with Gasteiger partial charge in [0.2, 0.25) is 0 Å². The maximum absolute atomic E-state index is 6.35. The molecular weight excluding hydrogens is 258 g/mol. The van der Waals surface area contributed by atoms with Gasteiger partial charge in [0.15, 0.2) is 0 Å². The standard InChI is InChI=1S/C18H37N3/c1-4-7-17-8-5-10-18(15-19,11-9-17)21-13-6-12-20(3)14-16(21)2/h16-17H,4-15,19H2,1-3H3. The highest BCUT2D eigenvalue weighted by molar-refractivity contribution is 4.97. The number of rotatable bonds is 4. The van der Waals surface area contributed by atoms with Crippen molar-refractivity contribution in [2.75, 3.05) is 33.2 Å². The summed E-state index contributed by atoms with van der Waals surface area (Å²) in [5, 5.41) is 0. The van der Waals surface area contributed by atoms with E-state index in [4.69, 9.17) is 5.73 Å². The topological polar surface area (TPSA) is 32.5 Å². The molecule has 2 rings (SSSR count). The second kappa shape index (κ2) is 7.94. The third-order valence-electron chi connectivity index (χ3n) is 6.01. The summed E-state index contributed by atoms with van der Waals surface area (Å²) >= 11 is 0. The minimum absolute atomic E-state index is 0.285. The molecule has 0 spiro atoms. The van der Waals surface area contributed by atoms with E-state index >= 15 is 0 Å². The van der Waals surface area contributed by atoms with Crippen LogP contribution in [-0.2, 0) is 0 Å². The minimum Gasteiger partial charge on any atom is -0.329 e. The van der Waals surface area contributed by atoms with E-state index in [0.29, 0.717) is 6.04 Å². The molecule has 0 aromatic heterocycles. The van der Waals surface area contributed by atoms with Gasteiger partial charge in [0.1, 0.15) is 0 Å². The van der Waals surface area contributed by atoms with Gasteiger partial charge < -0.3 is 10.6 Å². The van der Waals surface area contributed by atoms with Crippen molar-refractivity contribution in [1.82, 2.24) is 9.80 Å². The molecule has 0 radical (unpaired) electrons. The van der Waals surface area contributed by atoms with E-state index in [1.54, 1.807) is 0 Å². The zero-order valence-corrected chi connectivity index (χ0v) is 14.6. The molecule has 0 aromatic carbocycles. The number of nitrogens with zero attached hydrogens (tertiary/aromatic N) is 2. The maximum Gasteiger partial charge on any atom is 0.0335 e. The first kappa shape index (κ1) is 17.2. The second-order valence-corrected chi connectivity index (χ2v) is 7.67. The van der Waals surface area contributed by atoms with Gasteiger partial charge in [0.25, 0.3) is 0 Å². The fourth-order valence-electron chi connectivity index (χ4n) is 4.84. The highest BCUT2D eigenvalue weighted by Gasteiger charge is 2.40. The summed E-state index contributed by atoms with van der Waals surface area (Å²) in [4.78, 5) is 5.29. The fraction of sp³-hybridized carbons (Fsp3) is 1.00. The number of hydrogen-bond donors (Lipinski definition) is 1. The third kappa shape index (κ3) is 4.20. The Hall–Kier alpha value is -0.120. The van der Waals surface area contributed by atoms with Crippen LogP contribution in [0.25, 0.3) is 0 Å². The molecule has 2 fully saturated rings. The summed E-state index contributed by atoms with van der Waals surface area (Å²) in [6, 6.07) is 0.642. The largest absolute Gasteiger partial charge is 0.329 e. The Bertz CT molecular complexity index is 307. The Morgan fingerprint density at radius 1 is 1.14 bits per heavy atom. The van der Waals surface area contributed by atoms with Crippen molar-refractivity contribution in [1.29, 1.82) is 0 Å². The summed E-state index contributed by atoms with van der Waals surface area (Å²) in [6.45, 7) is 9.25. The van der Waals surface area contributed by atoms with Crippen molar-refractivity contribution < 1.29 is 0 Å². The molecule has 2 aliphatic rings. The molecule has 1 saturated heterocycles. The Balaban J connectivity index is 2.08. The molecule has 1 saturated carbocycles. The smallest absolute Gasteiger partial charge is 0.0335 e. The third-order valence-corrected chi connectivity index (χ3v) is 6.01. The Labute approximate surface area is 132 Å². The molecule has 2 N–H and O–H groups in total. The van der Waals surface area contributed by atoms with Crippen molar-refractivity contribution in [2.24, 2.45) is 11.7 Å². The van der Waals surface area contributed by atoms with E-state index in [2.05, 4.69) is 30.7 Å².